The largest absolute Gasteiger partial charge is 0.323 e. The van der Waals surface area contributed by atoms with Crippen molar-refractivity contribution < 1.29 is 4.79 Å². The van der Waals surface area contributed by atoms with E-state index in [1.165, 1.54) is 0 Å². The van der Waals surface area contributed by atoms with Crippen LogP contribution in [0.5, 0.6) is 0 Å². The van der Waals surface area contributed by atoms with Crippen LogP contribution in [-0.4, -0.2) is 27.8 Å². The maximum atomic E-state index is 12.3. The van der Waals surface area contributed by atoms with E-state index in [0.29, 0.717) is 12.4 Å². The molecule has 5 heteroatoms. The Labute approximate surface area is 141 Å². The predicted molar refractivity (Wildman–Crippen MR) is 95.6 cm³/mol. The summed E-state index contributed by atoms with van der Waals surface area (Å²) in [5, 5.41) is 7.22. The van der Waals surface area contributed by atoms with E-state index in [4.69, 9.17) is 0 Å². The van der Waals surface area contributed by atoms with Crippen molar-refractivity contribution in [2.45, 2.75) is 6.54 Å². The van der Waals surface area contributed by atoms with Crippen LogP contribution in [0.15, 0.2) is 66.7 Å². The van der Waals surface area contributed by atoms with E-state index in [0.717, 1.165) is 16.8 Å². The number of carbonyl (C=O) groups is 1. The number of aryl methyl sites for hydroxylation is 1. The first-order chi connectivity index (χ1) is 11.6. The first-order valence-electron chi connectivity index (χ1n) is 7.79. The number of hydrogen-bond acceptors (Lipinski definition) is 2. The molecule has 1 N–H and O–H groups in total. The highest BCUT2D eigenvalue weighted by atomic mass is 16.2. The lowest BCUT2D eigenvalue weighted by Crippen LogP contribution is -2.31. The minimum absolute atomic E-state index is 0.184. The molecule has 5 nitrogen and oxygen atoms in total. The Hall–Kier alpha value is -3.08. The highest BCUT2D eigenvalue weighted by molar-refractivity contribution is 5.88. The number of aromatic nitrogens is 2. The molecule has 2 aromatic carbocycles. The Morgan fingerprint density at radius 2 is 1.71 bits per heavy atom. The normalized spacial score (nSPS) is 10.4. The molecular formula is C19H20N4O. The summed E-state index contributed by atoms with van der Waals surface area (Å²) in [5.41, 5.74) is 3.10. The van der Waals surface area contributed by atoms with Gasteiger partial charge < -0.3 is 4.90 Å². The lowest BCUT2D eigenvalue weighted by molar-refractivity contribution is 0.220. The third-order valence-electron chi connectivity index (χ3n) is 3.79. The van der Waals surface area contributed by atoms with Gasteiger partial charge in [-0.1, -0.05) is 60.7 Å². The molecule has 0 atom stereocenters. The first kappa shape index (κ1) is 15.8. The first-order valence-corrected chi connectivity index (χ1v) is 7.79. The van der Waals surface area contributed by atoms with Crippen LogP contribution in [0, 0.1) is 0 Å². The second kappa shape index (κ2) is 7.00. The molecule has 0 aliphatic carbocycles. The Bertz CT molecular complexity index is 812. The van der Waals surface area contributed by atoms with Gasteiger partial charge in [-0.3, -0.25) is 10.00 Å². The van der Waals surface area contributed by atoms with Crippen LogP contribution in [0.4, 0.5) is 10.6 Å². The maximum absolute atomic E-state index is 12.3. The van der Waals surface area contributed by atoms with Crippen LogP contribution >= 0.6 is 0 Å². The molecule has 0 saturated heterocycles. The Morgan fingerprint density at radius 3 is 2.38 bits per heavy atom. The van der Waals surface area contributed by atoms with Gasteiger partial charge in [0.1, 0.15) is 0 Å². The Kier molecular flexibility index (Phi) is 4.61. The van der Waals surface area contributed by atoms with Gasteiger partial charge in [-0.25, -0.2) is 4.79 Å². The van der Waals surface area contributed by atoms with Crippen molar-refractivity contribution in [1.82, 2.24) is 14.7 Å². The minimum Gasteiger partial charge on any atom is -0.323 e. The second-order valence-electron chi connectivity index (χ2n) is 5.68. The van der Waals surface area contributed by atoms with E-state index in [-0.39, 0.29) is 6.03 Å². The number of nitrogens with one attached hydrogen (secondary N) is 1. The fourth-order valence-electron chi connectivity index (χ4n) is 2.54. The summed E-state index contributed by atoms with van der Waals surface area (Å²) in [7, 11) is 3.63. The molecule has 3 rings (SSSR count). The van der Waals surface area contributed by atoms with Gasteiger partial charge in [-0.05, 0) is 11.1 Å². The number of rotatable bonds is 4. The summed E-state index contributed by atoms with van der Waals surface area (Å²) >= 11 is 0. The van der Waals surface area contributed by atoms with E-state index in [2.05, 4.69) is 10.4 Å². The van der Waals surface area contributed by atoms with Crippen molar-refractivity contribution in [2.75, 3.05) is 12.4 Å². The van der Waals surface area contributed by atoms with Crippen LogP contribution in [-0.2, 0) is 13.6 Å². The van der Waals surface area contributed by atoms with Crippen molar-refractivity contribution in [2.24, 2.45) is 7.05 Å². The maximum Gasteiger partial charge on any atom is 0.323 e. The average Bonchev–Trinajstić information content (AvgIpc) is 2.97. The molecule has 0 spiro atoms. The van der Waals surface area contributed by atoms with Gasteiger partial charge in [-0.15, -0.1) is 0 Å². The summed E-state index contributed by atoms with van der Waals surface area (Å²) in [6.07, 6.45) is 0. The minimum atomic E-state index is -0.184. The molecule has 1 aromatic heterocycles. The van der Waals surface area contributed by atoms with Gasteiger partial charge in [0.2, 0.25) is 0 Å². The summed E-state index contributed by atoms with van der Waals surface area (Å²) in [4.78, 5) is 14.0. The third-order valence-corrected chi connectivity index (χ3v) is 3.79. The van der Waals surface area contributed by atoms with Crippen molar-refractivity contribution in [3.05, 3.63) is 72.3 Å². The molecule has 0 unspecified atom stereocenters. The van der Waals surface area contributed by atoms with E-state index in [1.54, 1.807) is 16.6 Å². The van der Waals surface area contributed by atoms with Crippen molar-refractivity contribution >= 4 is 11.8 Å². The number of amides is 2. The number of benzene rings is 2. The van der Waals surface area contributed by atoms with Crippen LogP contribution < -0.4 is 5.32 Å². The highest BCUT2D eigenvalue weighted by Gasteiger charge is 2.13. The molecule has 0 bridgehead atoms. The van der Waals surface area contributed by atoms with Gasteiger partial charge in [0.15, 0.2) is 5.82 Å². The molecule has 3 aromatic rings. The van der Waals surface area contributed by atoms with E-state index < -0.39 is 0 Å². The standard InChI is InChI=1S/C19H20N4O/c1-22(14-15-9-5-3-6-10-15)19(24)20-18-13-17(23(2)21-18)16-11-7-4-8-12-16/h3-13H,14H2,1-2H3,(H,20,21,24). The summed E-state index contributed by atoms with van der Waals surface area (Å²) in [6.45, 7) is 0.547. The van der Waals surface area contributed by atoms with Crippen molar-refractivity contribution in [3.63, 3.8) is 0 Å². The Morgan fingerprint density at radius 1 is 1.08 bits per heavy atom. The van der Waals surface area contributed by atoms with Crippen LogP contribution in [0.1, 0.15) is 5.56 Å². The smallest absolute Gasteiger partial charge is 0.323 e. The molecule has 0 saturated carbocycles. The molecule has 0 aliphatic rings. The van der Waals surface area contributed by atoms with Crippen LogP contribution in [0.3, 0.4) is 0 Å². The Balaban J connectivity index is 1.69. The second-order valence-corrected chi connectivity index (χ2v) is 5.68. The number of urea groups is 1. The van der Waals surface area contributed by atoms with Gasteiger partial charge in [0.25, 0.3) is 0 Å². The van der Waals surface area contributed by atoms with E-state index >= 15 is 0 Å². The number of hydrogen-bond donors (Lipinski definition) is 1. The molecule has 122 valence electrons. The summed E-state index contributed by atoms with van der Waals surface area (Å²) in [6, 6.07) is 21.6. The number of anilines is 1. The fraction of sp³-hybridized carbons (Fsp3) is 0.158. The number of carbonyl (C=O) groups excluding carboxylic acids is 1. The SMILES string of the molecule is CN(Cc1ccccc1)C(=O)Nc1cc(-c2ccccc2)n(C)n1. The summed E-state index contributed by atoms with van der Waals surface area (Å²) in [5.74, 6) is 0.543. The van der Waals surface area contributed by atoms with Gasteiger partial charge in [0.05, 0.1) is 5.69 Å². The number of nitrogens with zero attached hydrogens (tertiary/aromatic N) is 3. The molecule has 2 amide bonds. The third kappa shape index (κ3) is 3.63. The van der Waals surface area contributed by atoms with E-state index in [1.807, 2.05) is 73.8 Å². The zero-order chi connectivity index (χ0) is 16.9. The highest BCUT2D eigenvalue weighted by Crippen LogP contribution is 2.21. The quantitative estimate of drug-likeness (QED) is 0.796. The lowest BCUT2D eigenvalue weighted by Gasteiger charge is -2.17. The summed E-state index contributed by atoms with van der Waals surface area (Å²) < 4.78 is 1.77. The predicted octanol–water partition coefficient (Wildman–Crippen LogP) is 3.75. The molecule has 0 radical (unpaired) electrons. The monoisotopic (exact) mass is 320 g/mol. The van der Waals surface area contributed by atoms with Crippen molar-refractivity contribution in [3.8, 4) is 11.3 Å². The fourth-order valence-corrected chi connectivity index (χ4v) is 2.54. The lowest BCUT2D eigenvalue weighted by atomic mass is 10.1. The van der Waals surface area contributed by atoms with E-state index in [9.17, 15) is 4.79 Å². The van der Waals surface area contributed by atoms with Crippen LogP contribution in [0.2, 0.25) is 0 Å². The van der Waals surface area contributed by atoms with Gasteiger partial charge in [-0.2, -0.15) is 5.10 Å². The zero-order valence-electron chi connectivity index (χ0n) is 13.8. The molecule has 0 fully saturated rings. The molecule has 24 heavy (non-hydrogen) atoms. The molecule has 0 aliphatic heterocycles. The topological polar surface area (TPSA) is 50.2 Å². The zero-order valence-corrected chi connectivity index (χ0v) is 13.8. The van der Waals surface area contributed by atoms with Crippen molar-refractivity contribution in [1.29, 1.82) is 0 Å². The molecular weight excluding hydrogens is 300 g/mol. The van der Waals surface area contributed by atoms with Gasteiger partial charge in [0, 0.05) is 26.7 Å². The molecule has 1 heterocycles. The van der Waals surface area contributed by atoms with Gasteiger partial charge >= 0.3 is 6.03 Å². The average molecular weight is 320 g/mol. The van der Waals surface area contributed by atoms with Crippen LogP contribution in [0.25, 0.3) is 11.3 Å².